The number of amides is 1. The van der Waals surface area contributed by atoms with Crippen molar-refractivity contribution in [3.63, 3.8) is 0 Å². The van der Waals surface area contributed by atoms with E-state index in [1.54, 1.807) is 30.5 Å². The molecule has 0 saturated heterocycles. The number of carbonyl (C=O) groups is 1. The Morgan fingerprint density at radius 1 is 1.45 bits per heavy atom. The lowest BCUT2D eigenvalue weighted by Crippen LogP contribution is -2.09. The highest BCUT2D eigenvalue weighted by Crippen LogP contribution is 2.26. The zero-order chi connectivity index (χ0) is 14.5. The van der Waals surface area contributed by atoms with Crippen LogP contribution in [0.2, 0.25) is 10.0 Å². The zero-order valence-corrected chi connectivity index (χ0v) is 12.5. The number of nitrogens with zero attached hydrogens (tertiary/aromatic N) is 2. The van der Waals surface area contributed by atoms with Crippen molar-refractivity contribution < 1.29 is 4.79 Å². The molecule has 1 heterocycles. The number of nitriles is 1. The van der Waals surface area contributed by atoms with Gasteiger partial charge in [-0.15, -0.1) is 11.3 Å². The van der Waals surface area contributed by atoms with Crippen LogP contribution in [0.4, 0.5) is 5.13 Å². The van der Waals surface area contributed by atoms with Crippen molar-refractivity contribution in [3.05, 3.63) is 44.9 Å². The first-order valence-electron chi connectivity index (χ1n) is 5.64. The largest absolute Gasteiger partial charge is 0.301 e. The molecule has 0 radical (unpaired) electrons. The summed E-state index contributed by atoms with van der Waals surface area (Å²) in [7, 11) is 0. The third-order valence-electron chi connectivity index (χ3n) is 2.41. The number of nitrogens with one attached hydrogen (secondary N) is 1. The minimum absolute atomic E-state index is 0.185. The summed E-state index contributed by atoms with van der Waals surface area (Å²) < 4.78 is 0. The average Bonchev–Trinajstić information content (AvgIpc) is 2.81. The minimum Gasteiger partial charge on any atom is -0.301 e. The Balaban J connectivity index is 2.08. The summed E-state index contributed by atoms with van der Waals surface area (Å²) in [5.74, 6) is -0.366. The van der Waals surface area contributed by atoms with Gasteiger partial charge in [0.2, 0.25) is 5.91 Å². The van der Waals surface area contributed by atoms with E-state index in [0.717, 1.165) is 10.4 Å². The Morgan fingerprint density at radius 3 is 3.00 bits per heavy atom. The molecule has 0 atom stereocenters. The van der Waals surface area contributed by atoms with Crippen LogP contribution in [0.25, 0.3) is 0 Å². The summed E-state index contributed by atoms with van der Waals surface area (Å²) in [6.45, 7) is 0. The molecule has 0 aliphatic carbocycles. The fourth-order valence-corrected chi connectivity index (χ4v) is 2.78. The van der Waals surface area contributed by atoms with Gasteiger partial charge in [-0.05, 0) is 23.8 Å². The summed E-state index contributed by atoms with van der Waals surface area (Å²) >= 11 is 13.4. The molecule has 0 saturated carbocycles. The summed E-state index contributed by atoms with van der Waals surface area (Å²) in [6, 6.07) is 7.06. The predicted molar refractivity (Wildman–Crippen MR) is 80.2 cm³/mol. The Hall–Kier alpha value is -1.61. The highest BCUT2D eigenvalue weighted by Gasteiger charge is 2.09. The Kier molecular flexibility index (Phi) is 4.96. The molecule has 0 aliphatic rings. The summed E-state index contributed by atoms with van der Waals surface area (Å²) in [5, 5.41) is 12.7. The van der Waals surface area contributed by atoms with Crippen molar-refractivity contribution in [1.29, 1.82) is 5.26 Å². The molecule has 102 valence electrons. The molecule has 0 aliphatic heterocycles. The van der Waals surface area contributed by atoms with Gasteiger partial charge in [0.15, 0.2) is 5.13 Å². The van der Waals surface area contributed by atoms with Crippen LogP contribution in [0.15, 0.2) is 24.4 Å². The predicted octanol–water partition coefficient (Wildman–Crippen LogP) is 3.89. The standard InChI is InChI=1S/C13H9Cl2N3OS/c14-9-1-2-11(15)8(5-9)6-10-7-17-13(20-10)18-12(19)3-4-16/h1-2,5,7H,3,6H2,(H,17,18,19). The third-order valence-corrected chi connectivity index (χ3v) is 3.93. The molecule has 2 aromatic rings. The SMILES string of the molecule is N#CCC(=O)Nc1ncc(Cc2cc(Cl)ccc2Cl)s1. The van der Waals surface area contributed by atoms with Crippen molar-refractivity contribution in [2.24, 2.45) is 0 Å². The maximum absolute atomic E-state index is 11.3. The van der Waals surface area contributed by atoms with E-state index in [-0.39, 0.29) is 12.3 Å². The highest BCUT2D eigenvalue weighted by atomic mass is 35.5. The van der Waals surface area contributed by atoms with E-state index >= 15 is 0 Å². The first kappa shape index (κ1) is 14.8. The van der Waals surface area contributed by atoms with Gasteiger partial charge in [0.05, 0.1) is 6.07 Å². The second-order valence-corrected chi connectivity index (χ2v) is 5.89. The zero-order valence-electron chi connectivity index (χ0n) is 10.2. The van der Waals surface area contributed by atoms with E-state index in [1.165, 1.54) is 11.3 Å². The Labute approximate surface area is 130 Å². The highest BCUT2D eigenvalue weighted by molar-refractivity contribution is 7.15. The van der Waals surface area contributed by atoms with Gasteiger partial charge in [-0.25, -0.2) is 4.98 Å². The quantitative estimate of drug-likeness (QED) is 0.927. The monoisotopic (exact) mass is 325 g/mol. The molecule has 0 fully saturated rings. The molecule has 0 unspecified atom stereocenters. The third kappa shape index (κ3) is 3.94. The molecule has 4 nitrogen and oxygen atoms in total. The smallest absolute Gasteiger partial charge is 0.240 e. The van der Waals surface area contributed by atoms with Gasteiger partial charge in [0.25, 0.3) is 0 Å². The average molecular weight is 326 g/mol. The van der Waals surface area contributed by atoms with Crippen LogP contribution in [-0.2, 0) is 11.2 Å². The van der Waals surface area contributed by atoms with Crippen LogP contribution in [0.5, 0.6) is 0 Å². The lowest BCUT2D eigenvalue weighted by Gasteiger charge is -2.02. The molecular formula is C13H9Cl2N3OS. The molecule has 1 N–H and O–H groups in total. The van der Waals surface area contributed by atoms with Crippen molar-refractivity contribution in [1.82, 2.24) is 4.98 Å². The Morgan fingerprint density at radius 2 is 2.25 bits per heavy atom. The van der Waals surface area contributed by atoms with Crippen LogP contribution in [0, 0.1) is 11.3 Å². The van der Waals surface area contributed by atoms with Crippen LogP contribution in [0.1, 0.15) is 16.9 Å². The summed E-state index contributed by atoms with van der Waals surface area (Å²) in [5.41, 5.74) is 0.901. The number of hydrogen-bond acceptors (Lipinski definition) is 4. The molecule has 1 aromatic carbocycles. The maximum Gasteiger partial charge on any atom is 0.240 e. The van der Waals surface area contributed by atoms with Crippen molar-refractivity contribution in [2.75, 3.05) is 5.32 Å². The molecule has 1 amide bonds. The molecule has 0 bridgehead atoms. The molecule has 7 heteroatoms. The summed E-state index contributed by atoms with van der Waals surface area (Å²) in [6.07, 6.45) is 2.07. The van der Waals surface area contributed by atoms with Gasteiger partial charge in [-0.3, -0.25) is 4.79 Å². The van der Waals surface area contributed by atoms with Crippen molar-refractivity contribution >= 4 is 45.6 Å². The van der Waals surface area contributed by atoms with Crippen LogP contribution in [-0.4, -0.2) is 10.9 Å². The first-order chi connectivity index (χ1) is 9.58. The van der Waals surface area contributed by atoms with Gasteiger partial charge in [-0.1, -0.05) is 23.2 Å². The maximum atomic E-state index is 11.3. The van der Waals surface area contributed by atoms with Crippen molar-refractivity contribution in [3.8, 4) is 6.07 Å². The number of rotatable bonds is 4. The number of carbonyl (C=O) groups excluding carboxylic acids is 1. The van der Waals surface area contributed by atoms with E-state index in [2.05, 4.69) is 10.3 Å². The minimum atomic E-state index is -0.366. The number of anilines is 1. The molecule has 20 heavy (non-hydrogen) atoms. The second kappa shape index (κ2) is 6.71. The van der Waals surface area contributed by atoms with Crippen LogP contribution >= 0.6 is 34.5 Å². The number of hydrogen-bond donors (Lipinski definition) is 1. The first-order valence-corrected chi connectivity index (χ1v) is 7.21. The number of halogens is 2. The fraction of sp³-hybridized carbons (Fsp3) is 0.154. The van der Waals surface area contributed by atoms with E-state index in [9.17, 15) is 4.79 Å². The van der Waals surface area contributed by atoms with Gasteiger partial charge in [0, 0.05) is 27.5 Å². The lowest BCUT2D eigenvalue weighted by atomic mass is 10.1. The van der Waals surface area contributed by atoms with E-state index in [0.29, 0.717) is 21.6 Å². The van der Waals surface area contributed by atoms with Crippen molar-refractivity contribution in [2.45, 2.75) is 12.8 Å². The summed E-state index contributed by atoms with van der Waals surface area (Å²) in [4.78, 5) is 16.3. The van der Waals surface area contributed by atoms with Gasteiger partial charge < -0.3 is 5.32 Å². The van der Waals surface area contributed by atoms with Crippen LogP contribution in [0.3, 0.4) is 0 Å². The van der Waals surface area contributed by atoms with Gasteiger partial charge in [0.1, 0.15) is 6.42 Å². The molecule has 0 spiro atoms. The second-order valence-electron chi connectivity index (χ2n) is 3.93. The number of benzene rings is 1. The normalized spacial score (nSPS) is 10.1. The molecule has 1 aromatic heterocycles. The van der Waals surface area contributed by atoms with Gasteiger partial charge >= 0.3 is 0 Å². The van der Waals surface area contributed by atoms with E-state index in [4.69, 9.17) is 28.5 Å². The topological polar surface area (TPSA) is 65.8 Å². The molecular weight excluding hydrogens is 317 g/mol. The van der Waals surface area contributed by atoms with E-state index < -0.39 is 0 Å². The fourth-order valence-electron chi connectivity index (χ4n) is 1.55. The number of aromatic nitrogens is 1. The van der Waals surface area contributed by atoms with Crippen LogP contribution < -0.4 is 5.32 Å². The Bertz CT molecular complexity index is 678. The van der Waals surface area contributed by atoms with E-state index in [1.807, 2.05) is 0 Å². The number of thiazole rings is 1. The lowest BCUT2D eigenvalue weighted by molar-refractivity contribution is -0.115. The molecule has 2 rings (SSSR count). The van der Waals surface area contributed by atoms with Gasteiger partial charge in [-0.2, -0.15) is 5.26 Å².